The predicted molar refractivity (Wildman–Crippen MR) is 59.5 cm³/mol. The summed E-state index contributed by atoms with van der Waals surface area (Å²) in [5.41, 5.74) is 0. The van der Waals surface area contributed by atoms with Gasteiger partial charge in [-0.05, 0) is 6.42 Å². The first kappa shape index (κ1) is 13.7. The van der Waals surface area contributed by atoms with Gasteiger partial charge in [0.05, 0.1) is 0 Å². The van der Waals surface area contributed by atoms with Gasteiger partial charge in [0.2, 0.25) is 0 Å². The van der Waals surface area contributed by atoms with Gasteiger partial charge in [0, 0.05) is 35.1 Å². The molecule has 0 bridgehead atoms. The third-order valence-electron chi connectivity index (χ3n) is 1.17. The maximum Gasteiger partial charge on any atom is 0.323 e. The monoisotopic (exact) mass is 245 g/mol. The Morgan fingerprint density at radius 2 is 2.23 bits per heavy atom. The number of hydrogen-bond donors (Lipinski definition) is 2. The molecular weight excluding hydrogens is 229 g/mol. The molecule has 0 saturated carbocycles. The Bertz CT molecular complexity index is 212. The van der Waals surface area contributed by atoms with Crippen LogP contribution in [-0.2, 0) is 15.4 Å². The minimum Gasteiger partial charge on any atom is -0.326 e. The third-order valence-corrected chi connectivity index (χ3v) is 5.50. The molecule has 0 spiro atoms. The zero-order valence-electron chi connectivity index (χ0n) is 7.86. The molecule has 0 heterocycles. The molecule has 0 aromatic heterocycles. The summed E-state index contributed by atoms with van der Waals surface area (Å²) in [5, 5.41) is 2.51. The predicted octanol–water partition coefficient (Wildman–Crippen LogP) is 1.20. The van der Waals surface area contributed by atoms with Crippen LogP contribution in [0.25, 0.3) is 0 Å². The summed E-state index contributed by atoms with van der Waals surface area (Å²) in [4.78, 5) is 9.27. The lowest BCUT2D eigenvalue weighted by Crippen LogP contribution is -2.16. The van der Waals surface area contributed by atoms with Crippen molar-refractivity contribution < 1.29 is 13.7 Å². The first-order valence-corrected chi connectivity index (χ1v) is 8.98. The van der Waals surface area contributed by atoms with Gasteiger partial charge in [-0.3, -0.25) is 8.77 Å². The van der Waals surface area contributed by atoms with Crippen molar-refractivity contribution in [3.63, 3.8) is 0 Å². The molecule has 13 heavy (non-hydrogen) atoms. The Hall–Kier alpha value is 0.650. The highest BCUT2D eigenvalue weighted by atomic mass is 32.7. The fourth-order valence-electron chi connectivity index (χ4n) is 0.591. The summed E-state index contributed by atoms with van der Waals surface area (Å²) in [7, 11) is -0.910. The zero-order valence-corrected chi connectivity index (χ0v) is 10.4. The van der Waals surface area contributed by atoms with E-state index < -0.39 is 17.5 Å². The Morgan fingerprint density at radius 3 is 2.69 bits per heavy atom. The lowest BCUT2D eigenvalue weighted by molar-refractivity contribution is 0.485. The van der Waals surface area contributed by atoms with Gasteiger partial charge in [0.15, 0.2) is 0 Å². The SMILES string of the molecule is CCCSP(=O)(O)NCCS(C)=O. The minimum absolute atomic E-state index is 0.327. The molecule has 4 nitrogen and oxygen atoms in total. The van der Waals surface area contributed by atoms with Gasteiger partial charge in [0.25, 0.3) is 0 Å². The maximum atomic E-state index is 11.3. The Labute approximate surface area is 85.6 Å². The largest absolute Gasteiger partial charge is 0.326 e. The molecule has 0 fully saturated rings. The molecule has 0 amide bonds. The Morgan fingerprint density at radius 1 is 1.62 bits per heavy atom. The van der Waals surface area contributed by atoms with E-state index in [1.165, 1.54) is 0 Å². The van der Waals surface area contributed by atoms with Crippen molar-refractivity contribution in [1.82, 2.24) is 5.09 Å². The first-order valence-electron chi connectivity index (χ1n) is 4.00. The van der Waals surface area contributed by atoms with E-state index in [-0.39, 0.29) is 0 Å². The van der Waals surface area contributed by atoms with E-state index in [4.69, 9.17) is 0 Å². The average Bonchev–Trinajstić information content (AvgIpc) is 2.00. The lowest BCUT2D eigenvalue weighted by Gasteiger charge is -2.10. The van der Waals surface area contributed by atoms with Crippen molar-refractivity contribution in [3.8, 4) is 0 Å². The summed E-state index contributed by atoms with van der Waals surface area (Å²) in [6.07, 6.45) is 2.44. The van der Waals surface area contributed by atoms with Gasteiger partial charge in [0.1, 0.15) is 0 Å². The summed E-state index contributed by atoms with van der Waals surface area (Å²) < 4.78 is 21.9. The fraction of sp³-hybridized carbons (Fsp3) is 1.00. The molecule has 0 aliphatic heterocycles. The molecule has 80 valence electrons. The molecule has 0 radical (unpaired) electrons. The van der Waals surface area contributed by atoms with Crippen LogP contribution < -0.4 is 5.09 Å². The molecule has 2 atom stereocenters. The second-order valence-corrected chi connectivity index (χ2v) is 8.38. The van der Waals surface area contributed by atoms with Crippen molar-refractivity contribution >= 4 is 28.9 Å². The number of nitrogens with one attached hydrogen (secondary N) is 1. The molecule has 0 aromatic rings. The van der Waals surface area contributed by atoms with E-state index in [0.717, 1.165) is 17.8 Å². The molecule has 0 saturated heterocycles. The van der Waals surface area contributed by atoms with Gasteiger partial charge in [-0.1, -0.05) is 18.3 Å². The van der Waals surface area contributed by atoms with Crippen LogP contribution in [0.5, 0.6) is 0 Å². The summed E-state index contributed by atoms with van der Waals surface area (Å²) in [6.45, 7) is -0.954. The molecule has 0 aliphatic rings. The average molecular weight is 245 g/mol. The number of rotatable bonds is 7. The van der Waals surface area contributed by atoms with Crippen molar-refractivity contribution in [1.29, 1.82) is 0 Å². The zero-order chi connectivity index (χ0) is 10.3. The van der Waals surface area contributed by atoms with Crippen LogP contribution in [0.1, 0.15) is 13.3 Å². The molecular formula is C6H16NO3PS2. The van der Waals surface area contributed by atoms with E-state index in [2.05, 4.69) is 5.09 Å². The highest BCUT2D eigenvalue weighted by Gasteiger charge is 2.16. The van der Waals surface area contributed by atoms with Crippen molar-refractivity contribution in [2.45, 2.75) is 13.3 Å². The van der Waals surface area contributed by atoms with E-state index >= 15 is 0 Å². The van der Waals surface area contributed by atoms with Crippen LogP contribution in [0.3, 0.4) is 0 Å². The first-order chi connectivity index (χ1) is 5.98. The topological polar surface area (TPSA) is 66.4 Å². The molecule has 2 unspecified atom stereocenters. The van der Waals surface area contributed by atoms with Crippen LogP contribution in [0, 0.1) is 0 Å². The van der Waals surface area contributed by atoms with Crippen LogP contribution in [-0.4, -0.2) is 33.4 Å². The fourth-order valence-corrected chi connectivity index (χ4v) is 3.89. The van der Waals surface area contributed by atoms with E-state index in [9.17, 15) is 13.7 Å². The summed E-state index contributed by atoms with van der Waals surface area (Å²) in [6, 6.07) is 0. The highest BCUT2D eigenvalue weighted by Crippen LogP contribution is 2.50. The maximum absolute atomic E-state index is 11.3. The molecule has 0 aromatic carbocycles. The Kier molecular flexibility index (Phi) is 7.36. The lowest BCUT2D eigenvalue weighted by atomic mass is 10.6. The van der Waals surface area contributed by atoms with Crippen LogP contribution >= 0.6 is 18.1 Å². The Balaban J connectivity index is 3.63. The van der Waals surface area contributed by atoms with Gasteiger partial charge >= 0.3 is 6.72 Å². The quantitative estimate of drug-likeness (QED) is 0.660. The van der Waals surface area contributed by atoms with Gasteiger partial charge in [-0.15, -0.1) is 0 Å². The smallest absolute Gasteiger partial charge is 0.323 e. The summed E-state index contributed by atoms with van der Waals surface area (Å²) in [5.74, 6) is 1.08. The second-order valence-electron chi connectivity index (χ2n) is 2.54. The van der Waals surface area contributed by atoms with Gasteiger partial charge < -0.3 is 4.89 Å². The normalized spacial score (nSPS) is 18.1. The van der Waals surface area contributed by atoms with Crippen molar-refractivity contribution in [2.24, 2.45) is 0 Å². The third kappa shape index (κ3) is 8.97. The molecule has 2 N–H and O–H groups in total. The van der Waals surface area contributed by atoms with Gasteiger partial charge in [-0.25, -0.2) is 5.09 Å². The van der Waals surface area contributed by atoms with E-state index in [1.54, 1.807) is 6.26 Å². The van der Waals surface area contributed by atoms with Crippen LogP contribution in [0.4, 0.5) is 0 Å². The number of hydrogen-bond acceptors (Lipinski definition) is 3. The van der Waals surface area contributed by atoms with Crippen molar-refractivity contribution in [3.05, 3.63) is 0 Å². The van der Waals surface area contributed by atoms with Crippen molar-refractivity contribution in [2.75, 3.05) is 24.3 Å². The van der Waals surface area contributed by atoms with Gasteiger partial charge in [-0.2, -0.15) is 0 Å². The molecule has 0 rings (SSSR count). The van der Waals surface area contributed by atoms with E-state index in [1.807, 2.05) is 6.92 Å². The second kappa shape index (κ2) is 7.01. The minimum atomic E-state index is -3.23. The van der Waals surface area contributed by atoms with Crippen LogP contribution in [0.2, 0.25) is 0 Å². The molecule has 7 heteroatoms. The van der Waals surface area contributed by atoms with E-state index in [0.29, 0.717) is 18.1 Å². The molecule has 0 aliphatic carbocycles. The van der Waals surface area contributed by atoms with Crippen LogP contribution in [0.15, 0.2) is 0 Å². The standard InChI is InChI=1S/C6H16NO3PS2/c1-3-5-12-11(8,9)7-4-6-13(2)10/h3-6H2,1-2H3,(H2,7,8,9). The summed E-state index contributed by atoms with van der Waals surface area (Å²) >= 11 is 1.03. The highest BCUT2D eigenvalue weighted by molar-refractivity contribution is 8.55.